The molecular formula is C18H14Si. The maximum atomic E-state index is 2.31. The van der Waals surface area contributed by atoms with Gasteiger partial charge in [-0.25, -0.2) is 0 Å². The molecule has 0 fully saturated rings. The second-order valence-corrected chi connectivity index (χ2v) is 6.60. The Morgan fingerprint density at radius 1 is 0.842 bits per heavy atom. The van der Waals surface area contributed by atoms with Crippen LogP contribution < -0.4 is 5.19 Å². The van der Waals surface area contributed by atoms with E-state index in [4.69, 9.17) is 0 Å². The van der Waals surface area contributed by atoms with E-state index in [1.54, 1.807) is 5.56 Å². The Kier molecular flexibility index (Phi) is 2.52. The number of rotatable bonds is 2. The van der Waals surface area contributed by atoms with Gasteiger partial charge in [0.05, 0.1) is 9.52 Å². The van der Waals surface area contributed by atoms with E-state index in [0.717, 1.165) is 15.9 Å². The quantitative estimate of drug-likeness (QED) is 0.617. The maximum Gasteiger partial charge on any atom is 0.0936 e. The zero-order valence-electron chi connectivity index (χ0n) is 10.6. The van der Waals surface area contributed by atoms with Crippen LogP contribution in [0.4, 0.5) is 0 Å². The average molecular weight is 258 g/mol. The minimum absolute atomic E-state index is 0.607. The van der Waals surface area contributed by atoms with Crippen molar-refractivity contribution in [2.24, 2.45) is 0 Å². The maximum absolute atomic E-state index is 2.31. The molecule has 0 bridgehead atoms. The minimum atomic E-state index is 0.607. The summed E-state index contributed by atoms with van der Waals surface area (Å²) in [6.45, 7) is 0. The van der Waals surface area contributed by atoms with Crippen LogP contribution >= 0.6 is 0 Å². The fourth-order valence-electron chi connectivity index (χ4n) is 3.00. The fraction of sp³-hybridized carbons (Fsp3) is 0.111. The number of allylic oxidation sites excluding steroid dienone is 4. The Balaban J connectivity index is 1.76. The molecule has 2 aromatic rings. The SMILES string of the molecule is C1=CC([Si]c2cccc3c2Cc2ccccc2-3)C=C1. The Morgan fingerprint density at radius 3 is 2.53 bits per heavy atom. The van der Waals surface area contributed by atoms with Gasteiger partial charge in [0.15, 0.2) is 0 Å². The second kappa shape index (κ2) is 4.36. The predicted octanol–water partition coefficient (Wildman–Crippen LogP) is 3.50. The van der Waals surface area contributed by atoms with E-state index in [-0.39, 0.29) is 0 Å². The van der Waals surface area contributed by atoms with Crippen molar-refractivity contribution >= 4 is 14.7 Å². The van der Waals surface area contributed by atoms with E-state index in [0.29, 0.717) is 5.54 Å². The molecule has 2 aromatic carbocycles. The van der Waals surface area contributed by atoms with Crippen molar-refractivity contribution in [3.8, 4) is 11.1 Å². The number of hydrogen-bond donors (Lipinski definition) is 0. The largest absolute Gasteiger partial charge is 0.0936 e. The van der Waals surface area contributed by atoms with Crippen molar-refractivity contribution in [1.82, 2.24) is 0 Å². The normalized spacial score (nSPS) is 15.8. The van der Waals surface area contributed by atoms with Gasteiger partial charge in [0, 0.05) is 0 Å². The number of benzene rings is 2. The lowest BCUT2D eigenvalue weighted by Crippen LogP contribution is -2.21. The number of fused-ring (bicyclic) bond motifs is 3. The minimum Gasteiger partial charge on any atom is -0.0805 e. The van der Waals surface area contributed by atoms with Crippen LogP contribution in [0.25, 0.3) is 11.1 Å². The zero-order chi connectivity index (χ0) is 12.7. The van der Waals surface area contributed by atoms with Crippen LogP contribution in [-0.4, -0.2) is 9.52 Å². The summed E-state index contributed by atoms with van der Waals surface area (Å²) in [5.74, 6) is 0. The molecule has 0 N–H and O–H groups in total. The molecule has 0 saturated heterocycles. The van der Waals surface area contributed by atoms with Crippen LogP contribution in [0.15, 0.2) is 66.8 Å². The molecule has 0 spiro atoms. The van der Waals surface area contributed by atoms with Crippen molar-refractivity contribution in [2.45, 2.75) is 12.0 Å². The monoisotopic (exact) mass is 258 g/mol. The Labute approximate surface area is 116 Å². The highest BCUT2D eigenvalue weighted by Gasteiger charge is 2.21. The molecule has 90 valence electrons. The molecule has 4 rings (SSSR count). The first-order valence-electron chi connectivity index (χ1n) is 6.73. The van der Waals surface area contributed by atoms with Crippen LogP contribution in [0.3, 0.4) is 0 Å². The summed E-state index contributed by atoms with van der Waals surface area (Å²) >= 11 is 0. The highest BCUT2D eigenvalue weighted by atomic mass is 28.2. The predicted molar refractivity (Wildman–Crippen MR) is 82.1 cm³/mol. The molecule has 0 nitrogen and oxygen atoms in total. The van der Waals surface area contributed by atoms with Crippen molar-refractivity contribution in [1.29, 1.82) is 0 Å². The van der Waals surface area contributed by atoms with Crippen LogP contribution in [0.2, 0.25) is 5.54 Å². The van der Waals surface area contributed by atoms with Crippen LogP contribution in [-0.2, 0) is 6.42 Å². The third kappa shape index (κ3) is 1.82. The third-order valence-corrected chi connectivity index (χ3v) is 5.42. The van der Waals surface area contributed by atoms with E-state index >= 15 is 0 Å². The third-order valence-electron chi connectivity index (χ3n) is 3.92. The average Bonchev–Trinajstić information content (AvgIpc) is 3.06. The van der Waals surface area contributed by atoms with E-state index < -0.39 is 0 Å². The van der Waals surface area contributed by atoms with Gasteiger partial charge >= 0.3 is 0 Å². The molecule has 2 radical (unpaired) electrons. The molecule has 19 heavy (non-hydrogen) atoms. The van der Waals surface area contributed by atoms with Gasteiger partial charge in [-0.15, -0.1) is 0 Å². The van der Waals surface area contributed by atoms with Gasteiger partial charge in [-0.3, -0.25) is 0 Å². The summed E-state index contributed by atoms with van der Waals surface area (Å²) in [7, 11) is 0.854. The van der Waals surface area contributed by atoms with E-state index in [1.807, 2.05) is 0 Å². The van der Waals surface area contributed by atoms with Crippen molar-refractivity contribution in [3.05, 3.63) is 77.9 Å². The van der Waals surface area contributed by atoms with Crippen LogP contribution in [0, 0.1) is 0 Å². The van der Waals surface area contributed by atoms with Gasteiger partial charge < -0.3 is 0 Å². The van der Waals surface area contributed by atoms with E-state index in [9.17, 15) is 0 Å². The molecular weight excluding hydrogens is 244 g/mol. The first-order chi connectivity index (χ1) is 9.42. The molecule has 0 saturated carbocycles. The second-order valence-electron chi connectivity index (χ2n) is 5.11. The Hall–Kier alpha value is -1.86. The van der Waals surface area contributed by atoms with E-state index in [1.165, 1.54) is 21.9 Å². The smallest absolute Gasteiger partial charge is 0.0805 e. The molecule has 0 aliphatic heterocycles. The van der Waals surface area contributed by atoms with Gasteiger partial charge in [0.1, 0.15) is 0 Å². The summed E-state index contributed by atoms with van der Waals surface area (Å²) in [6, 6.07) is 15.6. The Bertz CT molecular complexity index is 683. The molecule has 0 heterocycles. The first kappa shape index (κ1) is 11.0. The first-order valence-corrected chi connectivity index (χ1v) is 7.81. The molecule has 0 atom stereocenters. The summed E-state index contributed by atoms with van der Waals surface area (Å²) in [4.78, 5) is 0. The van der Waals surface area contributed by atoms with Gasteiger partial charge in [0.2, 0.25) is 0 Å². The van der Waals surface area contributed by atoms with Crippen molar-refractivity contribution < 1.29 is 0 Å². The molecule has 1 heteroatoms. The molecule has 0 aromatic heterocycles. The standard InChI is InChI=1S/C18H14Si/c1-4-9-15-13(6-1)12-17-16(15)10-5-11-18(17)19-14-7-2-3-8-14/h1-11,14H,12H2. The molecule has 2 aliphatic carbocycles. The summed E-state index contributed by atoms with van der Waals surface area (Å²) in [5, 5.41) is 1.54. The van der Waals surface area contributed by atoms with Crippen molar-refractivity contribution in [3.63, 3.8) is 0 Å². The number of hydrogen-bond acceptors (Lipinski definition) is 0. The lowest BCUT2D eigenvalue weighted by atomic mass is 10.1. The molecule has 2 aliphatic rings. The van der Waals surface area contributed by atoms with Crippen LogP contribution in [0.5, 0.6) is 0 Å². The van der Waals surface area contributed by atoms with Gasteiger partial charge in [-0.05, 0) is 34.2 Å². The lowest BCUT2D eigenvalue weighted by molar-refractivity contribution is 1.27. The summed E-state index contributed by atoms with van der Waals surface area (Å²) < 4.78 is 0. The highest BCUT2D eigenvalue weighted by molar-refractivity contribution is 6.57. The van der Waals surface area contributed by atoms with Crippen LogP contribution in [0.1, 0.15) is 11.1 Å². The van der Waals surface area contributed by atoms with Gasteiger partial charge in [-0.1, -0.05) is 72.0 Å². The lowest BCUT2D eigenvalue weighted by Gasteiger charge is -2.10. The highest BCUT2D eigenvalue weighted by Crippen LogP contribution is 2.35. The molecule has 0 amide bonds. The zero-order valence-corrected chi connectivity index (χ0v) is 11.6. The van der Waals surface area contributed by atoms with E-state index in [2.05, 4.69) is 66.8 Å². The fourth-order valence-corrected chi connectivity index (χ4v) is 4.36. The Morgan fingerprint density at radius 2 is 1.63 bits per heavy atom. The summed E-state index contributed by atoms with van der Waals surface area (Å²) in [5.41, 5.74) is 6.52. The van der Waals surface area contributed by atoms with Gasteiger partial charge in [-0.2, -0.15) is 0 Å². The molecule has 0 unspecified atom stereocenters. The summed E-state index contributed by atoms with van der Waals surface area (Å²) in [6.07, 6.45) is 10.0. The topological polar surface area (TPSA) is 0 Å². The van der Waals surface area contributed by atoms with Gasteiger partial charge in [0.25, 0.3) is 0 Å². The van der Waals surface area contributed by atoms with Crippen molar-refractivity contribution in [2.75, 3.05) is 0 Å².